The zero-order valence-electron chi connectivity index (χ0n) is 11.0. The van der Waals surface area contributed by atoms with Crippen LogP contribution in [0.25, 0.3) is 0 Å². The topological polar surface area (TPSA) is 67.6 Å². The summed E-state index contributed by atoms with van der Waals surface area (Å²) in [5.41, 5.74) is 0. The van der Waals surface area contributed by atoms with Crippen molar-refractivity contribution in [3.63, 3.8) is 0 Å². The molecule has 1 aliphatic heterocycles. The summed E-state index contributed by atoms with van der Waals surface area (Å²) in [5.74, 6) is 1.07. The quantitative estimate of drug-likeness (QED) is 0.871. The number of morpholine rings is 1. The number of nitrogens with zero attached hydrogens (tertiary/aromatic N) is 2. The Balaban J connectivity index is 1.83. The third-order valence-electron chi connectivity index (χ3n) is 2.76. The first-order valence-electron chi connectivity index (χ1n) is 6.14. The van der Waals surface area contributed by atoms with Crippen LogP contribution >= 0.6 is 0 Å². The third-order valence-corrected chi connectivity index (χ3v) is 2.76. The molecule has 18 heavy (non-hydrogen) atoms. The van der Waals surface area contributed by atoms with E-state index in [-0.39, 0.29) is 18.1 Å². The van der Waals surface area contributed by atoms with Crippen LogP contribution in [0.15, 0.2) is 10.6 Å². The number of anilines is 1. The molecule has 1 aliphatic rings. The monoisotopic (exact) mass is 253 g/mol. The summed E-state index contributed by atoms with van der Waals surface area (Å²) >= 11 is 0. The number of rotatable bonds is 3. The third kappa shape index (κ3) is 3.54. The largest absolute Gasteiger partial charge is 0.373 e. The minimum Gasteiger partial charge on any atom is -0.373 e. The fourth-order valence-corrected chi connectivity index (χ4v) is 2.22. The van der Waals surface area contributed by atoms with E-state index in [9.17, 15) is 4.79 Å². The smallest absolute Gasteiger partial charge is 0.239 e. The number of carbonyl (C=O) groups excluding carboxylic acids is 1. The van der Waals surface area contributed by atoms with E-state index in [2.05, 4.69) is 15.4 Å². The molecular formula is C12H19N3O3. The first-order valence-corrected chi connectivity index (χ1v) is 6.14. The Morgan fingerprint density at radius 3 is 2.72 bits per heavy atom. The predicted molar refractivity (Wildman–Crippen MR) is 66.3 cm³/mol. The SMILES string of the molecule is Cc1cc(NC(=O)CN2C[C@H](C)O[C@@H](C)C2)no1. The van der Waals surface area contributed by atoms with Crippen LogP contribution < -0.4 is 5.32 Å². The lowest BCUT2D eigenvalue weighted by Crippen LogP contribution is -2.48. The van der Waals surface area contributed by atoms with Crippen molar-refractivity contribution in [2.24, 2.45) is 0 Å². The molecule has 6 heteroatoms. The zero-order chi connectivity index (χ0) is 13.1. The fraction of sp³-hybridized carbons (Fsp3) is 0.667. The molecule has 100 valence electrons. The normalized spacial score (nSPS) is 25.1. The maximum atomic E-state index is 11.8. The molecule has 2 atom stereocenters. The van der Waals surface area contributed by atoms with Gasteiger partial charge in [-0.1, -0.05) is 5.16 Å². The van der Waals surface area contributed by atoms with Gasteiger partial charge in [0.25, 0.3) is 0 Å². The van der Waals surface area contributed by atoms with Gasteiger partial charge in [0.1, 0.15) is 5.76 Å². The maximum absolute atomic E-state index is 11.8. The van der Waals surface area contributed by atoms with E-state index in [0.717, 1.165) is 13.1 Å². The van der Waals surface area contributed by atoms with Crippen molar-refractivity contribution in [1.29, 1.82) is 0 Å². The van der Waals surface area contributed by atoms with Crippen molar-refractivity contribution in [3.8, 4) is 0 Å². The van der Waals surface area contributed by atoms with Crippen LogP contribution in [0.3, 0.4) is 0 Å². The summed E-state index contributed by atoms with van der Waals surface area (Å²) in [5, 5.41) is 6.44. The fourth-order valence-electron chi connectivity index (χ4n) is 2.22. The number of hydrogen-bond donors (Lipinski definition) is 1. The van der Waals surface area contributed by atoms with Gasteiger partial charge in [-0.3, -0.25) is 9.69 Å². The number of ether oxygens (including phenoxy) is 1. The number of carbonyl (C=O) groups is 1. The number of amides is 1. The molecule has 6 nitrogen and oxygen atoms in total. The molecular weight excluding hydrogens is 234 g/mol. The van der Waals surface area contributed by atoms with E-state index in [0.29, 0.717) is 18.1 Å². The van der Waals surface area contributed by atoms with Gasteiger partial charge in [0.15, 0.2) is 5.82 Å². The molecule has 0 aromatic carbocycles. The van der Waals surface area contributed by atoms with E-state index < -0.39 is 0 Å². The van der Waals surface area contributed by atoms with Crippen molar-refractivity contribution in [1.82, 2.24) is 10.1 Å². The Morgan fingerprint density at radius 2 is 2.17 bits per heavy atom. The lowest BCUT2D eigenvalue weighted by Gasteiger charge is -2.34. The van der Waals surface area contributed by atoms with Crippen molar-refractivity contribution < 1.29 is 14.1 Å². The van der Waals surface area contributed by atoms with Crippen molar-refractivity contribution in [2.75, 3.05) is 25.0 Å². The van der Waals surface area contributed by atoms with Crippen LogP contribution in [0, 0.1) is 6.92 Å². The summed E-state index contributed by atoms with van der Waals surface area (Å²) in [6.07, 6.45) is 0.326. The summed E-state index contributed by atoms with van der Waals surface area (Å²) in [6, 6.07) is 1.70. The highest BCUT2D eigenvalue weighted by Gasteiger charge is 2.23. The van der Waals surface area contributed by atoms with Crippen LogP contribution in [0.2, 0.25) is 0 Å². The van der Waals surface area contributed by atoms with E-state index in [4.69, 9.17) is 9.26 Å². The molecule has 2 heterocycles. The Kier molecular flexibility index (Phi) is 3.98. The lowest BCUT2D eigenvalue weighted by atomic mass is 10.2. The maximum Gasteiger partial charge on any atom is 0.239 e. The first-order chi connectivity index (χ1) is 8.52. The summed E-state index contributed by atoms with van der Waals surface area (Å²) in [4.78, 5) is 13.9. The molecule has 1 fully saturated rings. The average molecular weight is 253 g/mol. The molecule has 1 aromatic heterocycles. The molecule has 2 rings (SSSR count). The number of aryl methyl sites for hydroxylation is 1. The van der Waals surface area contributed by atoms with Crippen molar-refractivity contribution >= 4 is 11.7 Å². The van der Waals surface area contributed by atoms with Crippen LogP contribution in [-0.4, -0.2) is 47.8 Å². The summed E-state index contributed by atoms with van der Waals surface area (Å²) in [6.45, 7) is 7.71. The van der Waals surface area contributed by atoms with Crippen LogP contribution in [0.5, 0.6) is 0 Å². The van der Waals surface area contributed by atoms with Gasteiger partial charge in [-0.2, -0.15) is 0 Å². The van der Waals surface area contributed by atoms with E-state index in [1.165, 1.54) is 0 Å². The van der Waals surface area contributed by atoms with Gasteiger partial charge in [-0.05, 0) is 20.8 Å². The second kappa shape index (κ2) is 5.49. The Bertz CT molecular complexity index is 408. The van der Waals surface area contributed by atoms with E-state index in [1.807, 2.05) is 13.8 Å². The zero-order valence-corrected chi connectivity index (χ0v) is 11.0. The van der Waals surface area contributed by atoms with Gasteiger partial charge in [0, 0.05) is 19.2 Å². The summed E-state index contributed by atoms with van der Waals surface area (Å²) in [7, 11) is 0. The minimum absolute atomic E-state index is 0.0791. The first kappa shape index (κ1) is 13.0. The molecule has 0 radical (unpaired) electrons. The van der Waals surface area contributed by atoms with Gasteiger partial charge in [-0.25, -0.2) is 0 Å². The molecule has 1 aromatic rings. The molecule has 0 saturated carbocycles. The van der Waals surface area contributed by atoms with Crippen molar-refractivity contribution in [2.45, 2.75) is 33.0 Å². The minimum atomic E-state index is -0.0791. The Hall–Kier alpha value is -1.40. The molecule has 0 spiro atoms. The van der Waals surface area contributed by atoms with Crippen LogP contribution in [0.1, 0.15) is 19.6 Å². The lowest BCUT2D eigenvalue weighted by molar-refractivity contribution is -0.121. The van der Waals surface area contributed by atoms with Crippen LogP contribution in [0.4, 0.5) is 5.82 Å². The highest BCUT2D eigenvalue weighted by molar-refractivity contribution is 5.91. The second-order valence-corrected chi connectivity index (χ2v) is 4.82. The molecule has 0 unspecified atom stereocenters. The van der Waals surface area contributed by atoms with Gasteiger partial charge in [0.05, 0.1) is 18.8 Å². The van der Waals surface area contributed by atoms with Crippen LogP contribution in [-0.2, 0) is 9.53 Å². The molecule has 1 amide bonds. The van der Waals surface area contributed by atoms with E-state index >= 15 is 0 Å². The second-order valence-electron chi connectivity index (χ2n) is 4.82. The van der Waals surface area contributed by atoms with Crippen molar-refractivity contribution in [3.05, 3.63) is 11.8 Å². The highest BCUT2D eigenvalue weighted by Crippen LogP contribution is 2.11. The predicted octanol–water partition coefficient (Wildman–Crippen LogP) is 1.03. The Morgan fingerprint density at radius 1 is 1.50 bits per heavy atom. The van der Waals surface area contributed by atoms with Gasteiger partial charge in [0.2, 0.25) is 5.91 Å². The Labute approximate surface area is 106 Å². The highest BCUT2D eigenvalue weighted by atomic mass is 16.5. The van der Waals surface area contributed by atoms with Gasteiger partial charge >= 0.3 is 0 Å². The number of hydrogen-bond acceptors (Lipinski definition) is 5. The van der Waals surface area contributed by atoms with Gasteiger partial charge < -0.3 is 14.6 Å². The van der Waals surface area contributed by atoms with Gasteiger partial charge in [-0.15, -0.1) is 0 Å². The average Bonchev–Trinajstić information content (AvgIpc) is 2.61. The molecule has 1 saturated heterocycles. The number of nitrogens with one attached hydrogen (secondary N) is 1. The standard InChI is InChI=1S/C12H19N3O3/c1-8-4-11(14-18-8)13-12(16)7-15-5-9(2)17-10(3)6-15/h4,9-10H,5-7H2,1-3H3,(H,13,14,16)/t9-,10-/m0/s1. The molecule has 0 aliphatic carbocycles. The molecule has 1 N–H and O–H groups in total. The molecule has 0 bridgehead atoms. The van der Waals surface area contributed by atoms with E-state index in [1.54, 1.807) is 13.0 Å². The summed E-state index contributed by atoms with van der Waals surface area (Å²) < 4.78 is 10.5. The number of aromatic nitrogens is 1.